The van der Waals surface area contributed by atoms with E-state index in [1.807, 2.05) is 50.2 Å². The fourth-order valence-corrected chi connectivity index (χ4v) is 4.18. The van der Waals surface area contributed by atoms with Gasteiger partial charge in [-0.25, -0.2) is 9.48 Å². The maximum absolute atomic E-state index is 13.1. The molecule has 0 saturated carbocycles. The van der Waals surface area contributed by atoms with E-state index < -0.39 is 0 Å². The molecule has 0 aliphatic carbocycles. The normalized spacial score (nSPS) is 15.2. The molecule has 2 aromatic heterocycles. The maximum atomic E-state index is 13.1. The van der Waals surface area contributed by atoms with E-state index in [-0.39, 0.29) is 11.2 Å². The van der Waals surface area contributed by atoms with Crippen LogP contribution in [0.25, 0.3) is 16.7 Å². The number of nitrogens with zero attached hydrogens (tertiary/aromatic N) is 4. The van der Waals surface area contributed by atoms with Crippen LogP contribution in [0.1, 0.15) is 16.8 Å². The highest BCUT2D eigenvalue weighted by Gasteiger charge is 2.19. The van der Waals surface area contributed by atoms with Crippen molar-refractivity contribution in [2.24, 2.45) is 4.99 Å². The molecule has 1 fully saturated rings. The molecule has 0 amide bonds. The molecule has 3 heterocycles. The average molecular weight is 446 g/mol. The highest BCUT2D eigenvalue weighted by molar-refractivity contribution is 5.91. The summed E-state index contributed by atoms with van der Waals surface area (Å²) in [5.41, 5.74) is 5.82. The van der Waals surface area contributed by atoms with Crippen molar-refractivity contribution in [2.45, 2.75) is 13.8 Å². The van der Waals surface area contributed by atoms with E-state index in [2.05, 4.69) is 31.9 Å². The predicted molar refractivity (Wildman–Crippen MR) is 132 cm³/mol. The van der Waals surface area contributed by atoms with Gasteiger partial charge in [0.15, 0.2) is 0 Å². The lowest BCUT2D eigenvalue weighted by atomic mass is 10.2. The monoisotopic (exact) mass is 445 g/mol. The molecule has 170 valence electrons. The van der Waals surface area contributed by atoms with E-state index in [0.717, 1.165) is 54.3 Å². The highest BCUT2D eigenvalue weighted by atomic mass is 16.1. The zero-order valence-electron chi connectivity index (χ0n) is 19.0. The summed E-state index contributed by atoms with van der Waals surface area (Å²) in [5, 5.41) is 3.15. The van der Waals surface area contributed by atoms with E-state index in [0.29, 0.717) is 16.8 Å². The van der Waals surface area contributed by atoms with Gasteiger partial charge in [0.05, 0.1) is 33.7 Å². The van der Waals surface area contributed by atoms with Gasteiger partial charge in [-0.1, -0.05) is 17.7 Å². The molecule has 0 bridgehead atoms. The Kier molecular flexibility index (Phi) is 5.26. The first-order valence-electron chi connectivity index (χ1n) is 11.0. The number of hydrogen-bond donors (Lipinski definition) is 3. The number of aliphatic imine (C=N–C) groups is 1. The third-order valence-corrected chi connectivity index (χ3v) is 6.20. The third kappa shape index (κ3) is 4.03. The molecule has 4 aromatic rings. The van der Waals surface area contributed by atoms with Crippen LogP contribution in [0.3, 0.4) is 0 Å². The Hall–Kier alpha value is -3.85. The molecule has 1 aliphatic heterocycles. The first-order valence-corrected chi connectivity index (χ1v) is 11.0. The molecular weight excluding hydrogens is 418 g/mol. The van der Waals surface area contributed by atoms with Gasteiger partial charge in [-0.15, -0.1) is 0 Å². The van der Waals surface area contributed by atoms with Crippen molar-refractivity contribution in [3.8, 4) is 5.69 Å². The molecule has 1 saturated heterocycles. The Morgan fingerprint density at radius 2 is 1.61 bits per heavy atom. The summed E-state index contributed by atoms with van der Waals surface area (Å²) >= 11 is 0. The maximum Gasteiger partial charge on any atom is 0.323 e. The fourth-order valence-electron chi connectivity index (χ4n) is 4.18. The summed E-state index contributed by atoms with van der Waals surface area (Å²) in [6.07, 6.45) is 1.62. The highest BCUT2D eigenvalue weighted by Crippen LogP contribution is 2.32. The molecule has 0 spiro atoms. The first-order chi connectivity index (χ1) is 15.9. The van der Waals surface area contributed by atoms with Gasteiger partial charge in [-0.2, -0.15) is 0 Å². The summed E-state index contributed by atoms with van der Waals surface area (Å²) in [6, 6.07) is 11.6. The molecular formula is C24H27N7O2. The molecule has 0 radical (unpaired) electrons. The first kappa shape index (κ1) is 21.0. The van der Waals surface area contributed by atoms with Gasteiger partial charge in [0, 0.05) is 38.1 Å². The van der Waals surface area contributed by atoms with Crippen molar-refractivity contribution >= 4 is 28.6 Å². The van der Waals surface area contributed by atoms with Crippen LogP contribution in [0.2, 0.25) is 0 Å². The lowest BCUT2D eigenvalue weighted by molar-refractivity contribution is 0.313. The lowest BCUT2D eigenvalue weighted by Crippen LogP contribution is -2.44. The number of aromatic nitrogens is 4. The molecule has 3 N–H and O–H groups in total. The van der Waals surface area contributed by atoms with Gasteiger partial charge in [-0.05, 0) is 45.2 Å². The van der Waals surface area contributed by atoms with Crippen LogP contribution in [-0.2, 0) is 0 Å². The van der Waals surface area contributed by atoms with E-state index in [9.17, 15) is 9.59 Å². The zero-order chi connectivity index (χ0) is 23.1. The largest absolute Gasteiger partial charge is 0.367 e. The SMILES string of the molecule is Cc1ccc(-n2[nH]c(C)c(C=Nc3cc4[nH]c(=O)[nH]c4cc3N3CCN(C)CC3)c2=O)cc1. The third-order valence-electron chi connectivity index (χ3n) is 6.20. The number of rotatable bonds is 4. The number of benzene rings is 2. The smallest absolute Gasteiger partial charge is 0.323 e. The second-order valence-corrected chi connectivity index (χ2v) is 8.64. The number of imidazole rings is 1. The summed E-state index contributed by atoms with van der Waals surface area (Å²) in [6.45, 7) is 7.50. The van der Waals surface area contributed by atoms with Crippen molar-refractivity contribution < 1.29 is 0 Å². The number of aromatic amines is 3. The molecule has 9 nitrogen and oxygen atoms in total. The van der Waals surface area contributed by atoms with Crippen molar-refractivity contribution in [2.75, 3.05) is 38.1 Å². The van der Waals surface area contributed by atoms with E-state index in [4.69, 9.17) is 4.99 Å². The topological polar surface area (TPSA) is 105 Å². The number of aryl methyl sites for hydroxylation is 2. The Balaban J connectivity index is 1.55. The van der Waals surface area contributed by atoms with Crippen LogP contribution < -0.4 is 16.1 Å². The number of fused-ring (bicyclic) bond motifs is 1. The van der Waals surface area contributed by atoms with Crippen LogP contribution in [0.4, 0.5) is 11.4 Å². The Morgan fingerprint density at radius 3 is 2.30 bits per heavy atom. The van der Waals surface area contributed by atoms with Gasteiger partial charge >= 0.3 is 5.69 Å². The van der Waals surface area contributed by atoms with Crippen molar-refractivity contribution in [3.05, 3.63) is 74.1 Å². The van der Waals surface area contributed by atoms with Gasteiger partial charge < -0.3 is 19.8 Å². The molecule has 9 heteroatoms. The second-order valence-electron chi connectivity index (χ2n) is 8.64. The number of likely N-dealkylation sites (N-methyl/N-ethyl adjacent to an activating group) is 1. The van der Waals surface area contributed by atoms with Crippen LogP contribution in [0, 0.1) is 13.8 Å². The average Bonchev–Trinajstić information content (AvgIpc) is 3.30. The molecule has 1 aliphatic rings. The minimum atomic E-state index is -0.252. The van der Waals surface area contributed by atoms with Gasteiger partial charge in [0.2, 0.25) is 0 Å². The molecule has 0 unspecified atom stereocenters. The predicted octanol–water partition coefficient (Wildman–Crippen LogP) is 2.45. The molecule has 2 aromatic carbocycles. The van der Waals surface area contributed by atoms with Gasteiger partial charge in [0.25, 0.3) is 5.56 Å². The Labute approximate surface area is 190 Å². The molecule has 0 atom stereocenters. The number of nitrogens with one attached hydrogen (secondary N) is 3. The lowest BCUT2D eigenvalue weighted by Gasteiger charge is -2.34. The summed E-state index contributed by atoms with van der Waals surface area (Å²) < 4.78 is 1.53. The van der Waals surface area contributed by atoms with Crippen molar-refractivity contribution in [3.63, 3.8) is 0 Å². The van der Waals surface area contributed by atoms with E-state index in [1.165, 1.54) is 4.68 Å². The van der Waals surface area contributed by atoms with E-state index in [1.54, 1.807) is 6.21 Å². The molecule has 5 rings (SSSR count). The van der Waals surface area contributed by atoms with Crippen molar-refractivity contribution in [1.82, 2.24) is 24.6 Å². The van der Waals surface area contributed by atoms with Crippen LogP contribution in [0.5, 0.6) is 0 Å². The fraction of sp³-hybridized carbons (Fsp3) is 0.292. The Morgan fingerprint density at radius 1 is 0.939 bits per heavy atom. The van der Waals surface area contributed by atoms with Crippen LogP contribution >= 0.6 is 0 Å². The van der Waals surface area contributed by atoms with Gasteiger partial charge in [0.1, 0.15) is 0 Å². The molecule has 33 heavy (non-hydrogen) atoms. The standard InChI is InChI=1S/C24H27N7O2/c1-15-4-6-17(7-5-15)31-23(32)18(16(2)28-31)14-25-21-12-19-20(27-24(33)26-19)13-22(21)30-10-8-29(3)9-11-30/h4-7,12-14,28H,8-11H2,1-3H3,(H2,26,27,33). The summed E-state index contributed by atoms with van der Waals surface area (Å²) in [4.78, 5) is 39.9. The minimum absolute atomic E-state index is 0.155. The number of piperazine rings is 1. The van der Waals surface area contributed by atoms with E-state index >= 15 is 0 Å². The van der Waals surface area contributed by atoms with Crippen LogP contribution in [0.15, 0.2) is 51.0 Å². The quantitative estimate of drug-likeness (QED) is 0.420. The van der Waals surface area contributed by atoms with Crippen LogP contribution in [-0.4, -0.2) is 64.1 Å². The zero-order valence-corrected chi connectivity index (χ0v) is 19.0. The van der Waals surface area contributed by atoms with Crippen molar-refractivity contribution in [1.29, 1.82) is 0 Å². The number of H-pyrrole nitrogens is 3. The number of anilines is 1. The number of hydrogen-bond acceptors (Lipinski definition) is 5. The second kappa shape index (κ2) is 8.25. The van der Waals surface area contributed by atoms with Gasteiger partial charge in [-0.3, -0.25) is 14.9 Å². The minimum Gasteiger partial charge on any atom is -0.367 e. The Bertz CT molecular complexity index is 1440. The summed E-state index contributed by atoms with van der Waals surface area (Å²) in [5.74, 6) is 0. The summed E-state index contributed by atoms with van der Waals surface area (Å²) in [7, 11) is 2.11.